The van der Waals surface area contributed by atoms with Gasteiger partial charge in [0, 0.05) is 24.2 Å². The largest absolute Gasteiger partial charge is 0.316 e. The van der Waals surface area contributed by atoms with Crippen molar-refractivity contribution >= 4 is 23.1 Å². The lowest BCUT2D eigenvalue weighted by Crippen LogP contribution is -2.28. The zero-order chi connectivity index (χ0) is 17.5. The molecule has 7 nitrogen and oxygen atoms in total. The van der Waals surface area contributed by atoms with Crippen LogP contribution in [0.25, 0.3) is 0 Å². The third kappa shape index (κ3) is 4.24. The number of unbranched alkanes of at least 4 members (excludes halogenated alkanes) is 5. The first kappa shape index (κ1) is 17.8. The van der Waals surface area contributed by atoms with Crippen LogP contribution < -0.4 is 0 Å². The molecule has 7 heteroatoms. The zero-order valence-corrected chi connectivity index (χ0v) is 13.7. The standard InChI is InChI=1S/C17H21N3O4/c1-2-3-4-5-6-7-11-19-17(22)16(21)15(18-19)13-9-8-10-14(12-13)20(23)24/h8-10,12H,2-7,11H2,1H3. The van der Waals surface area contributed by atoms with Crippen molar-refractivity contribution in [1.82, 2.24) is 5.01 Å². The normalized spacial score (nSPS) is 14.2. The Balaban J connectivity index is 2.00. The first-order valence-electron chi connectivity index (χ1n) is 8.24. The molecule has 1 aromatic carbocycles. The predicted molar refractivity (Wildman–Crippen MR) is 89.7 cm³/mol. The number of nitro groups is 1. The molecule has 0 fully saturated rings. The molecule has 1 aliphatic heterocycles. The Morgan fingerprint density at radius 3 is 2.54 bits per heavy atom. The Morgan fingerprint density at radius 2 is 1.83 bits per heavy atom. The summed E-state index contributed by atoms with van der Waals surface area (Å²) in [5.41, 5.74) is 0.146. The molecule has 128 valence electrons. The maximum absolute atomic E-state index is 12.1. The summed E-state index contributed by atoms with van der Waals surface area (Å²) in [6.07, 6.45) is 6.43. The fourth-order valence-corrected chi connectivity index (χ4v) is 2.58. The second-order valence-corrected chi connectivity index (χ2v) is 5.78. The van der Waals surface area contributed by atoms with Crippen LogP contribution in [-0.4, -0.2) is 33.9 Å². The van der Waals surface area contributed by atoms with Crippen molar-refractivity contribution in [2.75, 3.05) is 6.54 Å². The molecule has 24 heavy (non-hydrogen) atoms. The highest BCUT2D eigenvalue weighted by molar-refractivity contribution is 6.69. The number of benzene rings is 1. The van der Waals surface area contributed by atoms with Crippen LogP contribution in [-0.2, 0) is 9.59 Å². The minimum atomic E-state index is -0.707. The molecule has 0 radical (unpaired) electrons. The lowest BCUT2D eigenvalue weighted by Gasteiger charge is -2.09. The van der Waals surface area contributed by atoms with E-state index >= 15 is 0 Å². The number of carbonyl (C=O) groups excluding carboxylic acids is 2. The van der Waals surface area contributed by atoms with E-state index in [1.165, 1.54) is 42.5 Å². The van der Waals surface area contributed by atoms with E-state index < -0.39 is 16.6 Å². The average molecular weight is 331 g/mol. The van der Waals surface area contributed by atoms with Crippen molar-refractivity contribution in [3.8, 4) is 0 Å². The van der Waals surface area contributed by atoms with Gasteiger partial charge in [0.2, 0.25) is 0 Å². The van der Waals surface area contributed by atoms with Gasteiger partial charge in [0.1, 0.15) is 5.71 Å². The van der Waals surface area contributed by atoms with E-state index in [9.17, 15) is 19.7 Å². The summed E-state index contributed by atoms with van der Waals surface area (Å²) in [5, 5.41) is 16.1. The average Bonchev–Trinajstić information content (AvgIpc) is 2.86. The number of hydrogen-bond donors (Lipinski definition) is 0. The SMILES string of the molecule is CCCCCCCCN1N=C(c2cccc([N+](=O)[O-])c2)C(=O)C1=O. The lowest BCUT2D eigenvalue weighted by atomic mass is 10.1. The molecule has 0 spiro atoms. The summed E-state index contributed by atoms with van der Waals surface area (Å²) in [6, 6.07) is 5.62. The van der Waals surface area contributed by atoms with Gasteiger partial charge in [-0.25, -0.2) is 5.01 Å². The van der Waals surface area contributed by atoms with Crippen LogP contribution in [0.3, 0.4) is 0 Å². The Kier molecular flexibility index (Phi) is 6.17. The van der Waals surface area contributed by atoms with E-state index in [-0.39, 0.29) is 11.4 Å². The fourth-order valence-electron chi connectivity index (χ4n) is 2.58. The van der Waals surface area contributed by atoms with Crippen molar-refractivity contribution in [2.45, 2.75) is 45.4 Å². The number of hydrazone groups is 1. The summed E-state index contributed by atoms with van der Waals surface area (Å²) < 4.78 is 0. The van der Waals surface area contributed by atoms with E-state index in [1.54, 1.807) is 6.07 Å². The number of hydrogen-bond acceptors (Lipinski definition) is 5. The van der Waals surface area contributed by atoms with Crippen LogP contribution in [0.2, 0.25) is 0 Å². The van der Waals surface area contributed by atoms with Crippen molar-refractivity contribution in [3.05, 3.63) is 39.9 Å². The number of non-ortho nitro benzene ring substituents is 1. The van der Waals surface area contributed by atoms with E-state index in [0.717, 1.165) is 19.3 Å². The van der Waals surface area contributed by atoms with Crippen LogP contribution in [0.15, 0.2) is 29.4 Å². The van der Waals surface area contributed by atoms with Gasteiger partial charge in [-0.05, 0) is 6.42 Å². The van der Waals surface area contributed by atoms with E-state index in [4.69, 9.17) is 0 Å². The highest BCUT2D eigenvalue weighted by Crippen LogP contribution is 2.18. The molecule has 1 aromatic rings. The third-order valence-corrected chi connectivity index (χ3v) is 3.92. The maximum atomic E-state index is 12.1. The molecular formula is C17H21N3O4. The summed E-state index contributed by atoms with van der Waals surface area (Å²) in [7, 11) is 0. The van der Waals surface area contributed by atoms with Crippen molar-refractivity contribution in [2.24, 2.45) is 5.10 Å². The maximum Gasteiger partial charge on any atom is 0.316 e. The Bertz CT molecular complexity index is 670. The molecule has 1 amide bonds. The highest BCUT2D eigenvalue weighted by atomic mass is 16.6. The number of carbonyl (C=O) groups is 2. The number of nitro benzene ring substituents is 1. The van der Waals surface area contributed by atoms with Crippen molar-refractivity contribution < 1.29 is 14.5 Å². The van der Waals surface area contributed by atoms with Crippen LogP contribution in [0, 0.1) is 10.1 Å². The Morgan fingerprint density at radius 1 is 1.12 bits per heavy atom. The molecule has 0 unspecified atom stereocenters. The predicted octanol–water partition coefficient (Wildman–Crippen LogP) is 3.07. The van der Waals surface area contributed by atoms with Crippen molar-refractivity contribution in [3.63, 3.8) is 0 Å². The monoisotopic (exact) mass is 331 g/mol. The zero-order valence-electron chi connectivity index (χ0n) is 13.7. The molecule has 0 atom stereocenters. The first-order chi connectivity index (χ1) is 11.5. The van der Waals surface area contributed by atoms with Gasteiger partial charge >= 0.3 is 5.91 Å². The van der Waals surface area contributed by atoms with Gasteiger partial charge in [-0.15, -0.1) is 0 Å². The van der Waals surface area contributed by atoms with Crippen molar-refractivity contribution in [1.29, 1.82) is 0 Å². The minimum Gasteiger partial charge on any atom is -0.281 e. The van der Waals surface area contributed by atoms with Crippen LogP contribution in [0.4, 0.5) is 5.69 Å². The summed E-state index contributed by atoms with van der Waals surface area (Å²) in [4.78, 5) is 34.4. The topological polar surface area (TPSA) is 92.9 Å². The van der Waals surface area contributed by atoms with E-state index in [1.807, 2.05) is 0 Å². The molecule has 2 rings (SSSR count). The fraction of sp³-hybridized carbons (Fsp3) is 0.471. The second-order valence-electron chi connectivity index (χ2n) is 5.78. The van der Waals surface area contributed by atoms with Gasteiger partial charge in [-0.1, -0.05) is 51.2 Å². The van der Waals surface area contributed by atoms with E-state index in [2.05, 4.69) is 12.0 Å². The molecular weight excluding hydrogens is 310 g/mol. The van der Waals surface area contributed by atoms with Gasteiger partial charge in [-0.2, -0.15) is 5.10 Å². The van der Waals surface area contributed by atoms with Gasteiger partial charge < -0.3 is 0 Å². The van der Waals surface area contributed by atoms with E-state index in [0.29, 0.717) is 12.1 Å². The molecule has 0 aliphatic carbocycles. The molecule has 0 bridgehead atoms. The smallest absolute Gasteiger partial charge is 0.281 e. The molecule has 1 aliphatic rings. The second kappa shape index (κ2) is 8.33. The summed E-state index contributed by atoms with van der Waals surface area (Å²) in [6.45, 7) is 2.55. The number of ketones is 1. The molecule has 0 aromatic heterocycles. The Hall–Kier alpha value is -2.57. The number of rotatable bonds is 9. The molecule has 0 N–H and O–H groups in total. The molecule has 1 heterocycles. The molecule has 0 saturated carbocycles. The quantitative estimate of drug-likeness (QED) is 0.301. The number of nitrogens with zero attached hydrogens (tertiary/aromatic N) is 3. The van der Waals surface area contributed by atoms with Crippen LogP contribution in [0.5, 0.6) is 0 Å². The lowest BCUT2D eigenvalue weighted by molar-refractivity contribution is -0.384. The number of Topliss-reactive ketones (excluding diaryl/α,β-unsaturated/α-hetero) is 1. The molecule has 0 saturated heterocycles. The van der Waals surface area contributed by atoms with Gasteiger partial charge in [0.05, 0.1) is 4.92 Å². The van der Waals surface area contributed by atoms with Crippen LogP contribution in [0.1, 0.15) is 51.0 Å². The number of amides is 1. The summed E-state index contributed by atoms with van der Waals surface area (Å²) in [5.74, 6) is -1.37. The Labute approximate surface area is 140 Å². The minimum absolute atomic E-state index is 0.0188. The van der Waals surface area contributed by atoms with Gasteiger partial charge in [0.15, 0.2) is 0 Å². The van der Waals surface area contributed by atoms with Crippen LogP contribution >= 0.6 is 0 Å². The summed E-state index contributed by atoms with van der Waals surface area (Å²) >= 11 is 0. The van der Waals surface area contributed by atoms with Gasteiger partial charge in [-0.3, -0.25) is 19.7 Å². The first-order valence-corrected chi connectivity index (χ1v) is 8.24. The third-order valence-electron chi connectivity index (χ3n) is 3.92. The van der Waals surface area contributed by atoms with Gasteiger partial charge in [0.25, 0.3) is 11.5 Å². The highest BCUT2D eigenvalue weighted by Gasteiger charge is 2.34.